The summed E-state index contributed by atoms with van der Waals surface area (Å²) in [6.07, 6.45) is 0.440. The number of hydrogen-bond donors (Lipinski definition) is 2. The molecule has 0 aliphatic heterocycles. The molecule has 0 fully saturated rings. The van der Waals surface area contributed by atoms with Crippen LogP contribution in [-0.2, 0) is 21.2 Å². The normalized spacial score (nSPS) is 12.8. The number of carbonyl (C=O) groups excluding carboxylic acids is 1. The molecule has 8 heteroatoms. The maximum atomic E-state index is 13.2. The lowest BCUT2D eigenvalue weighted by Gasteiger charge is -2.24. The highest BCUT2D eigenvalue weighted by atomic mass is 32.2. The van der Waals surface area contributed by atoms with Gasteiger partial charge in [0.2, 0.25) is 10.0 Å². The number of benzene rings is 3. The van der Waals surface area contributed by atoms with Crippen LogP contribution in [0, 0.1) is 0 Å². The summed E-state index contributed by atoms with van der Waals surface area (Å²) in [6.45, 7) is 5.58. The molecule has 35 heavy (non-hydrogen) atoms. The largest absolute Gasteiger partial charge is 0.444 e. The van der Waals surface area contributed by atoms with Crippen LogP contribution in [-0.4, -0.2) is 46.8 Å². The van der Waals surface area contributed by atoms with Crippen molar-refractivity contribution in [1.29, 1.82) is 0 Å². The van der Waals surface area contributed by atoms with Crippen LogP contribution in [0.15, 0.2) is 71.6 Å². The molecular formula is C27H35N3O4S. The fourth-order valence-corrected chi connectivity index (χ4v) is 5.20. The molecule has 1 atom stereocenters. The van der Waals surface area contributed by atoms with Crippen molar-refractivity contribution < 1.29 is 17.9 Å². The van der Waals surface area contributed by atoms with Crippen molar-refractivity contribution in [3.63, 3.8) is 0 Å². The van der Waals surface area contributed by atoms with Gasteiger partial charge in [0, 0.05) is 43.1 Å². The Labute approximate surface area is 208 Å². The Morgan fingerprint density at radius 1 is 0.943 bits per heavy atom. The number of amides is 1. The van der Waals surface area contributed by atoms with Crippen LogP contribution < -0.4 is 14.9 Å². The van der Waals surface area contributed by atoms with E-state index in [1.165, 1.54) is 0 Å². The summed E-state index contributed by atoms with van der Waals surface area (Å²) in [5.74, 6) is 0. The fourth-order valence-electron chi connectivity index (χ4n) is 3.93. The van der Waals surface area contributed by atoms with E-state index in [-0.39, 0.29) is 17.5 Å². The second-order valence-electron chi connectivity index (χ2n) is 9.74. The van der Waals surface area contributed by atoms with Crippen molar-refractivity contribution in [2.24, 2.45) is 0 Å². The van der Waals surface area contributed by atoms with Crippen molar-refractivity contribution in [3.05, 3.63) is 72.3 Å². The van der Waals surface area contributed by atoms with Gasteiger partial charge in [-0.3, -0.25) is 0 Å². The number of nitrogens with one attached hydrogen (secondary N) is 2. The standard InChI is InChI=1S/C27H35N3O4S/c1-27(2,3)34-26(31)29-21(19-20-11-7-6-8-12-20)17-18-28-35(32,33)25-16-10-13-22-23(25)14-9-15-24(22)30(4)5/h6-16,21,28H,17-19H2,1-5H3,(H,29,31). The molecule has 3 aromatic rings. The SMILES string of the molecule is CN(C)c1cccc2c(S(=O)(=O)NCCC(Cc3ccccc3)NC(=O)OC(C)(C)C)cccc12. The topological polar surface area (TPSA) is 87.7 Å². The molecule has 1 amide bonds. The highest BCUT2D eigenvalue weighted by Gasteiger charge is 2.22. The van der Waals surface area contributed by atoms with Gasteiger partial charge in [-0.05, 0) is 51.3 Å². The van der Waals surface area contributed by atoms with Gasteiger partial charge < -0.3 is 15.0 Å². The minimum Gasteiger partial charge on any atom is -0.444 e. The van der Waals surface area contributed by atoms with E-state index in [2.05, 4.69) is 10.0 Å². The average molecular weight is 498 g/mol. The highest BCUT2D eigenvalue weighted by molar-refractivity contribution is 7.89. The van der Waals surface area contributed by atoms with E-state index in [0.29, 0.717) is 18.2 Å². The molecule has 0 aliphatic rings. The summed E-state index contributed by atoms with van der Waals surface area (Å²) < 4.78 is 34.6. The molecule has 188 valence electrons. The molecule has 0 saturated carbocycles. The van der Waals surface area contributed by atoms with E-state index >= 15 is 0 Å². The Bertz CT molecular complexity index is 1250. The van der Waals surface area contributed by atoms with E-state index < -0.39 is 21.7 Å². The summed E-state index contributed by atoms with van der Waals surface area (Å²) in [6, 6.07) is 20.4. The Morgan fingerprint density at radius 2 is 1.60 bits per heavy atom. The minimum absolute atomic E-state index is 0.166. The van der Waals surface area contributed by atoms with E-state index in [1.54, 1.807) is 32.9 Å². The predicted molar refractivity (Wildman–Crippen MR) is 141 cm³/mol. The molecular weight excluding hydrogens is 462 g/mol. The zero-order valence-electron chi connectivity index (χ0n) is 21.0. The van der Waals surface area contributed by atoms with E-state index in [9.17, 15) is 13.2 Å². The molecule has 3 rings (SSSR count). The third-order valence-corrected chi connectivity index (χ3v) is 6.98. The van der Waals surface area contributed by atoms with Gasteiger partial charge in [-0.15, -0.1) is 0 Å². The number of ether oxygens (including phenoxy) is 1. The lowest BCUT2D eigenvalue weighted by Crippen LogP contribution is -2.42. The van der Waals surface area contributed by atoms with Gasteiger partial charge in [0.05, 0.1) is 4.90 Å². The summed E-state index contributed by atoms with van der Waals surface area (Å²) in [5, 5.41) is 4.43. The number of anilines is 1. The van der Waals surface area contributed by atoms with Crippen molar-refractivity contribution in [3.8, 4) is 0 Å². The molecule has 0 heterocycles. The molecule has 3 aromatic carbocycles. The van der Waals surface area contributed by atoms with Gasteiger partial charge in [-0.2, -0.15) is 0 Å². The number of nitrogens with zero attached hydrogens (tertiary/aromatic N) is 1. The number of rotatable bonds is 9. The highest BCUT2D eigenvalue weighted by Crippen LogP contribution is 2.30. The number of sulfonamides is 1. The second-order valence-corrected chi connectivity index (χ2v) is 11.5. The summed E-state index contributed by atoms with van der Waals surface area (Å²) in [7, 11) is 0.0910. The number of hydrogen-bond acceptors (Lipinski definition) is 5. The first-order valence-electron chi connectivity index (χ1n) is 11.7. The smallest absolute Gasteiger partial charge is 0.407 e. The fraction of sp³-hybridized carbons (Fsp3) is 0.370. The number of fused-ring (bicyclic) bond motifs is 1. The lowest BCUT2D eigenvalue weighted by molar-refractivity contribution is 0.0502. The van der Waals surface area contributed by atoms with Gasteiger partial charge >= 0.3 is 6.09 Å². The van der Waals surface area contributed by atoms with Crippen molar-refractivity contribution in [2.45, 2.75) is 50.2 Å². The molecule has 0 spiro atoms. The monoisotopic (exact) mass is 497 g/mol. The molecule has 7 nitrogen and oxygen atoms in total. The first-order valence-corrected chi connectivity index (χ1v) is 13.2. The van der Waals surface area contributed by atoms with E-state index in [1.807, 2.05) is 73.6 Å². The average Bonchev–Trinajstić information content (AvgIpc) is 2.77. The Balaban J connectivity index is 1.75. The van der Waals surface area contributed by atoms with Crippen LogP contribution in [0.25, 0.3) is 10.8 Å². The van der Waals surface area contributed by atoms with Crippen LogP contribution >= 0.6 is 0 Å². The molecule has 0 aliphatic carbocycles. The van der Waals surface area contributed by atoms with Crippen LogP contribution in [0.5, 0.6) is 0 Å². The van der Waals surface area contributed by atoms with Gasteiger partial charge in [-0.1, -0.05) is 54.6 Å². The molecule has 0 radical (unpaired) electrons. The van der Waals surface area contributed by atoms with Crippen molar-refractivity contribution in [1.82, 2.24) is 10.0 Å². The predicted octanol–water partition coefficient (Wildman–Crippen LogP) is 4.71. The zero-order chi connectivity index (χ0) is 25.6. The Hall–Kier alpha value is -3.10. The molecule has 2 N–H and O–H groups in total. The maximum Gasteiger partial charge on any atom is 0.407 e. The second kappa shape index (κ2) is 11.1. The van der Waals surface area contributed by atoms with Gasteiger partial charge in [-0.25, -0.2) is 17.9 Å². The van der Waals surface area contributed by atoms with Crippen LogP contribution in [0.1, 0.15) is 32.8 Å². The van der Waals surface area contributed by atoms with Gasteiger partial charge in [0.1, 0.15) is 5.60 Å². The molecule has 0 bridgehead atoms. The Morgan fingerprint density at radius 3 is 2.26 bits per heavy atom. The summed E-state index contributed by atoms with van der Waals surface area (Å²) in [5.41, 5.74) is 1.37. The maximum absolute atomic E-state index is 13.2. The van der Waals surface area contributed by atoms with E-state index in [4.69, 9.17) is 4.74 Å². The van der Waals surface area contributed by atoms with Crippen LogP contribution in [0.3, 0.4) is 0 Å². The third kappa shape index (κ3) is 7.44. The van der Waals surface area contributed by atoms with E-state index in [0.717, 1.165) is 16.6 Å². The zero-order valence-corrected chi connectivity index (χ0v) is 21.9. The lowest BCUT2D eigenvalue weighted by atomic mass is 10.0. The summed E-state index contributed by atoms with van der Waals surface area (Å²) in [4.78, 5) is 14.6. The number of carbonyl (C=O) groups is 1. The van der Waals surface area contributed by atoms with Gasteiger partial charge in [0.25, 0.3) is 0 Å². The van der Waals surface area contributed by atoms with Gasteiger partial charge in [0.15, 0.2) is 0 Å². The molecule has 0 aromatic heterocycles. The first kappa shape index (κ1) is 26.5. The van der Waals surface area contributed by atoms with Crippen molar-refractivity contribution in [2.75, 3.05) is 25.5 Å². The molecule has 1 unspecified atom stereocenters. The quantitative estimate of drug-likeness (QED) is 0.447. The number of alkyl carbamates (subject to hydrolysis) is 1. The summed E-state index contributed by atoms with van der Waals surface area (Å²) >= 11 is 0. The molecule has 0 saturated heterocycles. The van der Waals surface area contributed by atoms with Crippen molar-refractivity contribution >= 4 is 32.6 Å². The van der Waals surface area contributed by atoms with Crippen LogP contribution in [0.4, 0.5) is 10.5 Å². The third-order valence-electron chi connectivity index (χ3n) is 5.46. The van der Waals surface area contributed by atoms with Crippen LogP contribution in [0.2, 0.25) is 0 Å². The Kier molecular flexibility index (Phi) is 8.40. The minimum atomic E-state index is -3.77. The first-order chi connectivity index (χ1) is 16.5.